The van der Waals surface area contributed by atoms with E-state index in [1.807, 2.05) is 37.3 Å². The van der Waals surface area contributed by atoms with E-state index in [9.17, 15) is 14.0 Å². The number of carbonyl (C=O) groups excluding carboxylic acids is 2. The van der Waals surface area contributed by atoms with Crippen molar-refractivity contribution >= 4 is 17.5 Å². The van der Waals surface area contributed by atoms with Crippen LogP contribution < -0.4 is 5.32 Å². The zero-order chi connectivity index (χ0) is 17.0. The summed E-state index contributed by atoms with van der Waals surface area (Å²) in [5.41, 5.74) is 1.66. The first-order chi connectivity index (χ1) is 10.9. The topological polar surface area (TPSA) is 49.4 Å². The van der Waals surface area contributed by atoms with Crippen LogP contribution in [-0.2, 0) is 9.59 Å². The smallest absolute Gasteiger partial charge is 0.313 e. The van der Waals surface area contributed by atoms with E-state index >= 15 is 0 Å². The lowest BCUT2D eigenvalue weighted by Crippen LogP contribution is -2.38. The second-order valence-corrected chi connectivity index (χ2v) is 5.42. The molecule has 0 heterocycles. The zero-order valence-corrected chi connectivity index (χ0v) is 13.3. The number of amides is 2. The van der Waals surface area contributed by atoms with Crippen LogP contribution in [0.4, 0.5) is 10.1 Å². The average Bonchev–Trinajstić information content (AvgIpc) is 2.57. The fourth-order valence-electron chi connectivity index (χ4n) is 2.15. The molecule has 0 saturated carbocycles. The molecular formula is C18H19FN2O2. The second kappa shape index (κ2) is 7.05. The molecule has 2 amide bonds. The first kappa shape index (κ1) is 16.7. The molecule has 0 radical (unpaired) electrons. The normalized spacial score (nSPS) is 11.7. The molecule has 0 spiro atoms. The third-order valence-electron chi connectivity index (χ3n) is 3.81. The van der Waals surface area contributed by atoms with Crippen molar-refractivity contribution in [2.45, 2.75) is 19.9 Å². The maximum atomic E-state index is 13.5. The van der Waals surface area contributed by atoms with Crippen molar-refractivity contribution in [3.63, 3.8) is 0 Å². The van der Waals surface area contributed by atoms with Crippen LogP contribution in [-0.4, -0.2) is 23.8 Å². The Bertz CT molecular complexity index is 716. The van der Waals surface area contributed by atoms with Gasteiger partial charge in [0.15, 0.2) is 0 Å². The molecule has 0 fully saturated rings. The number of carbonyl (C=O) groups is 2. The summed E-state index contributed by atoms with van der Waals surface area (Å²) in [5.74, 6) is -1.90. The molecule has 4 nitrogen and oxygen atoms in total. The zero-order valence-electron chi connectivity index (χ0n) is 13.3. The SMILES string of the molecule is Cc1ccc(NC(=O)C(=O)N(C)[C@@H](C)c2ccccc2)cc1F. The van der Waals surface area contributed by atoms with E-state index in [0.717, 1.165) is 5.56 Å². The van der Waals surface area contributed by atoms with E-state index in [4.69, 9.17) is 0 Å². The number of anilines is 1. The maximum absolute atomic E-state index is 13.5. The predicted molar refractivity (Wildman–Crippen MR) is 87.4 cm³/mol. The Morgan fingerprint density at radius 2 is 1.78 bits per heavy atom. The largest absolute Gasteiger partial charge is 0.331 e. The number of hydrogen-bond donors (Lipinski definition) is 1. The van der Waals surface area contributed by atoms with Gasteiger partial charge in [0.05, 0.1) is 6.04 Å². The molecular weight excluding hydrogens is 295 g/mol. The van der Waals surface area contributed by atoms with Crippen molar-refractivity contribution in [1.29, 1.82) is 0 Å². The Labute approximate surface area is 134 Å². The predicted octanol–water partition coefficient (Wildman–Crippen LogP) is 3.29. The van der Waals surface area contributed by atoms with Crippen LogP contribution in [0.25, 0.3) is 0 Å². The molecule has 120 valence electrons. The van der Waals surface area contributed by atoms with Crippen LogP contribution in [0.5, 0.6) is 0 Å². The molecule has 2 rings (SSSR count). The van der Waals surface area contributed by atoms with Gasteiger partial charge in [0, 0.05) is 12.7 Å². The molecule has 0 aromatic heterocycles. The highest BCUT2D eigenvalue weighted by molar-refractivity contribution is 6.39. The highest BCUT2D eigenvalue weighted by atomic mass is 19.1. The summed E-state index contributed by atoms with van der Waals surface area (Å²) < 4.78 is 13.5. The number of aryl methyl sites for hydroxylation is 1. The minimum Gasteiger partial charge on any atom is -0.331 e. The summed E-state index contributed by atoms with van der Waals surface area (Å²) in [4.78, 5) is 25.7. The van der Waals surface area contributed by atoms with Crippen molar-refractivity contribution in [2.24, 2.45) is 0 Å². The summed E-state index contributed by atoms with van der Waals surface area (Å²) in [6.45, 7) is 3.47. The van der Waals surface area contributed by atoms with Crippen LogP contribution >= 0.6 is 0 Å². The Balaban J connectivity index is 2.06. The van der Waals surface area contributed by atoms with Gasteiger partial charge < -0.3 is 10.2 Å². The Morgan fingerprint density at radius 3 is 2.39 bits per heavy atom. The fraction of sp³-hybridized carbons (Fsp3) is 0.222. The van der Waals surface area contributed by atoms with E-state index in [1.165, 1.54) is 11.0 Å². The number of hydrogen-bond acceptors (Lipinski definition) is 2. The van der Waals surface area contributed by atoms with Gasteiger partial charge in [0.25, 0.3) is 0 Å². The molecule has 0 aliphatic rings. The Hall–Kier alpha value is -2.69. The maximum Gasteiger partial charge on any atom is 0.313 e. The molecule has 2 aromatic carbocycles. The van der Waals surface area contributed by atoms with Crippen LogP contribution in [0.15, 0.2) is 48.5 Å². The quantitative estimate of drug-likeness (QED) is 0.884. The van der Waals surface area contributed by atoms with Crippen LogP contribution in [0.1, 0.15) is 24.1 Å². The molecule has 23 heavy (non-hydrogen) atoms. The number of benzene rings is 2. The molecule has 1 N–H and O–H groups in total. The number of nitrogens with one attached hydrogen (secondary N) is 1. The van der Waals surface area contributed by atoms with Crippen molar-refractivity contribution < 1.29 is 14.0 Å². The lowest BCUT2D eigenvalue weighted by atomic mass is 10.1. The van der Waals surface area contributed by atoms with Crippen molar-refractivity contribution in [3.8, 4) is 0 Å². The van der Waals surface area contributed by atoms with E-state index in [1.54, 1.807) is 26.1 Å². The third-order valence-corrected chi connectivity index (χ3v) is 3.81. The second-order valence-electron chi connectivity index (χ2n) is 5.42. The van der Waals surface area contributed by atoms with Crippen LogP contribution in [0.3, 0.4) is 0 Å². The Morgan fingerprint density at radius 1 is 1.13 bits per heavy atom. The van der Waals surface area contributed by atoms with E-state index < -0.39 is 17.6 Å². The fourth-order valence-corrected chi connectivity index (χ4v) is 2.15. The molecule has 0 saturated heterocycles. The van der Waals surface area contributed by atoms with Gasteiger partial charge in [-0.3, -0.25) is 9.59 Å². The molecule has 2 aromatic rings. The number of likely N-dealkylation sites (N-methyl/N-ethyl adjacent to an activating group) is 1. The number of nitrogens with zero attached hydrogens (tertiary/aromatic N) is 1. The minimum absolute atomic E-state index is 0.246. The van der Waals surface area contributed by atoms with Gasteiger partial charge in [0.1, 0.15) is 5.82 Å². The Kier molecular flexibility index (Phi) is 5.11. The highest BCUT2D eigenvalue weighted by Crippen LogP contribution is 2.19. The van der Waals surface area contributed by atoms with Gasteiger partial charge >= 0.3 is 11.8 Å². The summed E-state index contributed by atoms with van der Waals surface area (Å²) in [6.07, 6.45) is 0. The highest BCUT2D eigenvalue weighted by Gasteiger charge is 2.23. The van der Waals surface area contributed by atoms with Gasteiger partial charge in [-0.2, -0.15) is 0 Å². The van der Waals surface area contributed by atoms with Crippen LogP contribution in [0.2, 0.25) is 0 Å². The molecule has 0 aliphatic heterocycles. The lowest BCUT2D eigenvalue weighted by molar-refractivity contribution is -0.143. The monoisotopic (exact) mass is 314 g/mol. The van der Waals surface area contributed by atoms with E-state index in [0.29, 0.717) is 5.56 Å². The van der Waals surface area contributed by atoms with Crippen LogP contribution in [0, 0.1) is 12.7 Å². The van der Waals surface area contributed by atoms with Crippen molar-refractivity contribution in [1.82, 2.24) is 4.90 Å². The average molecular weight is 314 g/mol. The summed E-state index contributed by atoms with van der Waals surface area (Å²) in [6, 6.07) is 13.5. The van der Waals surface area contributed by atoms with Gasteiger partial charge in [-0.1, -0.05) is 36.4 Å². The molecule has 5 heteroatoms. The van der Waals surface area contributed by atoms with E-state index in [-0.39, 0.29) is 11.7 Å². The first-order valence-electron chi connectivity index (χ1n) is 7.29. The number of halogens is 1. The van der Waals surface area contributed by atoms with Crippen molar-refractivity contribution in [3.05, 3.63) is 65.5 Å². The molecule has 0 aliphatic carbocycles. The molecule has 0 unspecified atom stereocenters. The summed E-state index contributed by atoms with van der Waals surface area (Å²) in [5, 5.41) is 2.43. The van der Waals surface area contributed by atoms with Crippen molar-refractivity contribution in [2.75, 3.05) is 12.4 Å². The summed E-state index contributed by atoms with van der Waals surface area (Å²) >= 11 is 0. The van der Waals surface area contributed by atoms with E-state index in [2.05, 4.69) is 5.32 Å². The van der Waals surface area contributed by atoms with Gasteiger partial charge in [-0.15, -0.1) is 0 Å². The molecule has 0 bridgehead atoms. The molecule has 1 atom stereocenters. The standard InChI is InChI=1S/C18H19FN2O2/c1-12-9-10-15(11-16(12)19)20-17(22)18(23)21(3)13(2)14-7-5-4-6-8-14/h4-11,13H,1-3H3,(H,20,22)/t13-/m0/s1. The summed E-state index contributed by atoms with van der Waals surface area (Å²) in [7, 11) is 1.56. The lowest BCUT2D eigenvalue weighted by Gasteiger charge is -2.24. The first-order valence-corrected chi connectivity index (χ1v) is 7.29. The number of rotatable bonds is 3. The van der Waals surface area contributed by atoms with Gasteiger partial charge in [0.2, 0.25) is 0 Å². The van der Waals surface area contributed by atoms with Gasteiger partial charge in [-0.05, 0) is 37.1 Å². The minimum atomic E-state index is -0.793. The van der Waals surface area contributed by atoms with Gasteiger partial charge in [-0.25, -0.2) is 4.39 Å². The third kappa shape index (κ3) is 3.94.